The first-order valence-corrected chi connectivity index (χ1v) is 10.9. The van der Waals surface area contributed by atoms with Gasteiger partial charge < -0.3 is 4.90 Å². The molecular formula is C19H20BrFN2O3S. The molecule has 0 radical (unpaired) electrons. The highest BCUT2D eigenvalue weighted by Crippen LogP contribution is 2.26. The molecule has 0 aromatic heterocycles. The van der Waals surface area contributed by atoms with E-state index in [1.54, 1.807) is 23.1 Å². The number of carbonyl (C=O) groups is 1. The van der Waals surface area contributed by atoms with Crippen LogP contribution in [0.5, 0.6) is 0 Å². The normalized spacial score (nSPS) is 14.2. The Balaban J connectivity index is 1.86. The molecule has 144 valence electrons. The monoisotopic (exact) mass is 454 g/mol. The quantitative estimate of drug-likeness (QED) is 0.693. The van der Waals surface area contributed by atoms with Gasteiger partial charge in [0.25, 0.3) is 5.91 Å². The van der Waals surface area contributed by atoms with Gasteiger partial charge >= 0.3 is 0 Å². The number of amides is 1. The molecule has 1 fully saturated rings. The van der Waals surface area contributed by atoms with Crippen LogP contribution in [-0.4, -0.2) is 31.8 Å². The lowest BCUT2D eigenvalue weighted by atomic mass is 10.1. The maximum absolute atomic E-state index is 13.4. The van der Waals surface area contributed by atoms with Gasteiger partial charge in [0.05, 0.1) is 10.5 Å². The number of sulfonamides is 1. The molecule has 8 heteroatoms. The number of hydrogen-bond acceptors (Lipinski definition) is 3. The number of benzene rings is 2. The number of halogens is 2. The number of nitrogens with one attached hydrogen (secondary N) is 1. The summed E-state index contributed by atoms with van der Waals surface area (Å²) in [5.41, 5.74) is 0.924. The molecule has 1 N–H and O–H groups in total. The SMILES string of the molecule is CCN(Cc1cccc(F)c1)C(=O)c1cc(S(=O)(=O)NC2CC2)ccc1Br. The van der Waals surface area contributed by atoms with Crippen molar-refractivity contribution in [2.45, 2.75) is 37.2 Å². The van der Waals surface area contributed by atoms with Crippen molar-refractivity contribution in [2.24, 2.45) is 0 Å². The topological polar surface area (TPSA) is 66.5 Å². The highest BCUT2D eigenvalue weighted by molar-refractivity contribution is 9.10. The maximum Gasteiger partial charge on any atom is 0.255 e. The van der Waals surface area contributed by atoms with Crippen LogP contribution in [0.4, 0.5) is 4.39 Å². The first kappa shape index (κ1) is 20.0. The van der Waals surface area contributed by atoms with Crippen LogP contribution >= 0.6 is 15.9 Å². The number of rotatable bonds is 7. The fourth-order valence-electron chi connectivity index (χ4n) is 2.68. The Hall–Kier alpha value is -1.77. The van der Waals surface area contributed by atoms with Crippen molar-refractivity contribution < 1.29 is 17.6 Å². The lowest BCUT2D eigenvalue weighted by Crippen LogP contribution is -2.31. The van der Waals surface area contributed by atoms with Crippen LogP contribution in [0.3, 0.4) is 0 Å². The van der Waals surface area contributed by atoms with Gasteiger partial charge in [-0.3, -0.25) is 4.79 Å². The summed E-state index contributed by atoms with van der Waals surface area (Å²) in [4.78, 5) is 14.6. The Morgan fingerprint density at radius 1 is 1.26 bits per heavy atom. The molecule has 1 aliphatic carbocycles. The molecule has 0 unspecified atom stereocenters. The van der Waals surface area contributed by atoms with Crippen molar-refractivity contribution in [1.29, 1.82) is 0 Å². The molecule has 3 rings (SSSR count). The molecule has 2 aromatic carbocycles. The van der Waals surface area contributed by atoms with E-state index in [4.69, 9.17) is 0 Å². The van der Waals surface area contributed by atoms with Crippen LogP contribution in [0.25, 0.3) is 0 Å². The van der Waals surface area contributed by atoms with Crippen LogP contribution < -0.4 is 4.72 Å². The minimum absolute atomic E-state index is 0.0158. The Bertz CT molecular complexity index is 961. The summed E-state index contributed by atoms with van der Waals surface area (Å²) in [6.07, 6.45) is 1.66. The largest absolute Gasteiger partial charge is 0.335 e. The number of hydrogen-bond donors (Lipinski definition) is 1. The van der Waals surface area contributed by atoms with E-state index >= 15 is 0 Å². The zero-order valence-corrected chi connectivity index (χ0v) is 17.2. The Labute approximate surface area is 166 Å². The second-order valence-electron chi connectivity index (χ2n) is 6.49. The van der Waals surface area contributed by atoms with Crippen LogP contribution in [0.15, 0.2) is 51.8 Å². The highest BCUT2D eigenvalue weighted by Gasteiger charge is 2.29. The molecule has 0 atom stereocenters. The van der Waals surface area contributed by atoms with E-state index < -0.39 is 10.0 Å². The van der Waals surface area contributed by atoms with E-state index in [9.17, 15) is 17.6 Å². The summed E-state index contributed by atoms with van der Waals surface area (Å²) in [5, 5.41) is 0. The molecule has 5 nitrogen and oxygen atoms in total. The van der Waals surface area contributed by atoms with Gasteiger partial charge in [0.15, 0.2) is 0 Å². The molecule has 2 aromatic rings. The van der Waals surface area contributed by atoms with Crippen LogP contribution in [-0.2, 0) is 16.6 Å². The summed E-state index contributed by atoms with van der Waals surface area (Å²) < 4.78 is 41.4. The van der Waals surface area contributed by atoms with Gasteiger partial charge in [-0.05, 0) is 71.6 Å². The van der Waals surface area contributed by atoms with E-state index in [1.807, 2.05) is 6.92 Å². The summed E-state index contributed by atoms with van der Waals surface area (Å²) in [7, 11) is -3.66. The van der Waals surface area contributed by atoms with E-state index in [-0.39, 0.29) is 34.8 Å². The minimum Gasteiger partial charge on any atom is -0.335 e. The molecule has 27 heavy (non-hydrogen) atoms. The molecule has 0 heterocycles. The van der Waals surface area contributed by atoms with Gasteiger partial charge in [0.1, 0.15) is 5.82 Å². The Morgan fingerprint density at radius 2 is 2.00 bits per heavy atom. The number of carbonyl (C=O) groups excluding carboxylic acids is 1. The van der Waals surface area contributed by atoms with E-state index in [1.165, 1.54) is 24.3 Å². The van der Waals surface area contributed by atoms with E-state index in [2.05, 4.69) is 20.7 Å². The second-order valence-corrected chi connectivity index (χ2v) is 9.05. The van der Waals surface area contributed by atoms with Gasteiger partial charge in [-0.2, -0.15) is 0 Å². The smallest absolute Gasteiger partial charge is 0.255 e. The minimum atomic E-state index is -3.66. The van der Waals surface area contributed by atoms with Crippen molar-refractivity contribution in [2.75, 3.05) is 6.54 Å². The fourth-order valence-corrected chi connectivity index (χ4v) is 4.42. The average molecular weight is 455 g/mol. The fraction of sp³-hybridized carbons (Fsp3) is 0.316. The Morgan fingerprint density at radius 3 is 2.63 bits per heavy atom. The van der Waals surface area contributed by atoms with Crippen LogP contribution in [0, 0.1) is 5.82 Å². The van der Waals surface area contributed by atoms with Crippen molar-refractivity contribution in [3.8, 4) is 0 Å². The van der Waals surface area contributed by atoms with Crippen molar-refractivity contribution >= 4 is 31.9 Å². The van der Waals surface area contributed by atoms with Crippen molar-refractivity contribution in [3.63, 3.8) is 0 Å². The predicted octanol–water partition coefficient (Wildman–Crippen LogP) is 3.69. The van der Waals surface area contributed by atoms with Gasteiger partial charge in [0.2, 0.25) is 10.0 Å². The molecule has 0 bridgehead atoms. The standard InChI is InChI=1S/C19H20BrFN2O3S/c1-2-23(12-13-4-3-5-14(21)10-13)19(24)17-11-16(8-9-18(17)20)27(25,26)22-15-6-7-15/h3-5,8-11,15,22H,2,6-7,12H2,1H3. The molecule has 1 aliphatic rings. The summed E-state index contributed by atoms with van der Waals surface area (Å²) in [6.45, 7) is 2.45. The molecule has 1 amide bonds. The first-order valence-electron chi connectivity index (χ1n) is 8.65. The molecule has 0 aliphatic heterocycles. The van der Waals surface area contributed by atoms with Crippen LogP contribution in [0.1, 0.15) is 35.7 Å². The third-order valence-electron chi connectivity index (χ3n) is 4.31. The Kier molecular flexibility index (Phi) is 5.98. The van der Waals surface area contributed by atoms with Gasteiger partial charge in [-0.15, -0.1) is 0 Å². The van der Waals surface area contributed by atoms with Crippen LogP contribution in [0.2, 0.25) is 0 Å². The van der Waals surface area contributed by atoms with Gasteiger partial charge in [0, 0.05) is 23.6 Å². The third kappa shape index (κ3) is 4.94. The summed E-state index contributed by atoms with van der Waals surface area (Å²) in [5.74, 6) is -0.687. The molecule has 1 saturated carbocycles. The average Bonchev–Trinajstić information content (AvgIpc) is 3.42. The number of nitrogens with zero attached hydrogens (tertiary/aromatic N) is 1. The highest BCUT2D eigenvalue weighted by atomic mass is 79.9. The van der Waals surface area contributed by atoms with E-state index in [0.717, 1.165) is 12.8 Å². The zero-order valence-electron chi connectivity index (χ0n) is 14.8. The van der Waals surface area contributed by atoms with Crippen molar-refractivity contribution in [1.82, 2.24) is 9.62 Å². The second kappa shape index (κ2) is 8.08. The molecular weight excluding hydrogens is 435 g/mol. The lowest BCUT2D eigenvalue weighted by Gasteiger charge is -2.22. The van der Waals surface area contributed by atoms with Crippen molar-refractivity contribution in [3.05, 3.63) is 63.9 Å². The van der Waals surface area contributed by atoms with Gasteiger partial charge in [-0.1, -0.05) is 12.1 Å². The summed E-state index contributed by atoms with van der Waals surface area (Å²) in [6, 6.07) is 10.5. The lowest BCUT2D eigenvalue weighted by molar-refractivity contribution is 0.0751. The third-order valence-corrected chi connectivity index (χ3v) is 6.52. The maximum atomic E-state index is 13.4. The predicted molar refractivity (Wildman–Crippen MR) is 104 cm³/mol. The molecule has 0 saturated heterocycles. The first-order chi connectivity index (χ1) is 12.8. The zero-order chi connectivity index (χ0) is 19.6. The molecule has 0 spiro atoms. The summed E-state index contributed by atoms with van der Waals surface area (Å²) >= 11 is 3.33. The van der Waals surface area contributed by atoms with E-state index in [0.29, 0.717) is 16.6 Å². The van der Waals surface area contributed by atoms with Gasteiger partial charge in [-0.25, -0.2) is 17.5 Å².